The third-order valence-electron chi connectivity index (χ3n) is 1.34. The summed E-state index contributed by atoms with van der Waals surface area (Å²) in [6.07, 6.45) is 4.20. The van der Waals surface area contributed by atoms with Crippen LogP contribution in [0, 0.1) is 0 Å². The standard InChI is InChI=1S/C6H12N2.F3P/c1-3-8-5-4-7(2)6-8;1-4(2)3/h4-5H,3,6H2,1-2H3;. The predicted octanol–water partition coefficient (Wildman–Crippen LogP) is 2.80. The molecule has 0 saturated heterocycles. The Morgan fingerprint density at radius 3 is 2.00 bits per heavy atom. The predicted molar refractivity (Wildman–Crippen MR) is 44.4 cm³/mol. The zero-order chi connectivity index (χ0) is 9.56. The molecule has 0 N–H and O–H groups in total. The second-order valence-electron chi connectivity index (χ2n) is 2.29. The van der Waals surface area contributed by atoms with E-state index in [1.165, 1.54) is 0 Å². The van der Waals surface area contributed by atoms with E-state index in [0.29, 0.717) is 0 Å². The SMILES string of the molecule is CCN1C=CN(C)C1.FP(F)F. The summed E-state index contributed by atoms with van der Waals surface area (Å²) in [7, 11) is -2.04. The van der Waals surface area contributed by atoms with Crippen molar-refractivity contribution in [3.8, 4) is 0 Å². The highest BCUT2D eigenvalue weighted by Gasteiger charge is 2.03. The molecule has 1 rings (SSSR count). The Bertz CT molecular complexity index is 140. The zero-order valence-corrected chi connectivity index (χ0v) is 7.94. The van der Waals surface area contributed by atoms with Crippen LogP contribution in [-0.2, 0) is 0 Å². The molecular formula is C6H12F3N2P. The van der Waals surface area contributed by atoms with E-state index in [0.717, 1.165) is 13.2 Å². The number of nitrogens with zero attached hydrogens (tertiary/aromatic N) is 2. The summed E-state index contributed by atoms with van der Waals surface area (Å²) < 4.78 is 29.2. The average Bonchev–Trinajstić information content (AvgIpc) is 2.34. The summed E-state index contributed by atoms with van der Waals surface area (Å²) >= 11 is 0. The van der Waals surface area contributed by atoms with Gasteiger partial charge in [0.25, 0.3) is 0 Å². The smallest absolute Gasteiger partial charge is 0.362 e. The highest BCUT2D eigenvalue weighted by Crippen LogP contribution is 2.39. The molecule has 0 spiro atoms. The normalized spacial score (nSPS) is 15.2. The Morgan fingerprint density at radius 1 is 1.33 bits per heavy atom. The molecule has 2 nitrogen and oxygen atoms in total. The summed E-state index contributed by atoms with van der Waals surface area (Å²) in [5, 5.41) is 0. The summed E-state index contributed by atoms with van der Waals surface area (Å²) in [5.41, 5.74) is 0. The van der Waals surface area contributed by atoms with Crippen molar-refractivity contribution in [1.29, 1.82) is 0 Å². The fourth-order valence-corrected chi connectivity index (χ4v) is 0.794. The molecule has 0 radical (unpaired) electrons. The molecular weight excluding hydrogens is 188 g/mol. The highest BCUT2D eigenvalue weighted by atomic mass is 31.2. The molecule has 1 heterocycles. The van der Waals surface area contributed by atoms with Gasteiger partial charge in [0.2, 0.25) is 0 Å². The molecule has 0 aliphatic carbocycles. The molecule has 0 fully saturated rings. The van der Waals surface area contributed by atoms with E-state index in [9.17, 15) is 12.6 Å². The van der Waals surface area contributed by atoms with Crippen molar-refractivity contribution in [2.75, 3.05) is 20.3 Å². The van der Waals surface area contributed by atoms with Gasteiger partial charge in [0.15, 0.2) is 0 Å². The lowest BCUT2D eigenvalue weighted by molar-refractivity contribution is 0.308. The minimum atomic E-state index is -4.12. The van der Waals surface area contributed by atoms with Gasteiger partial charge in [-0.3, -0.25) is 0 Å². The molecule has 1 aliphatic rings. The number of hydrogen-bond donors (Lipinski definition) is 0. The largest absolute Gasteiger partial charge is 0.456 e. The van der Waals surface area contributed by atoms with Crippen molar-refractivity contribution in [3.05, 3.63) is 12.4 Å². The lowest BCUT2D eigenvalue weighted by Gasteiger charge is -2.14. The van der Waals surface area contributed by atoms with Gasteiger partial charge in [-0.25, -0.2) is 0 Å². The zero-order valence-electron chi connectivity index (χ0n) is 7.04. The quantitative estimate of drug-likeness (QED) is 0.600. The minimum absolute atomic E-state index is 1.05. The average molecular weight is 200 g/mol. The molecule has 12 heavy (non-hydrogen) atoms. The first kappa shape index (κ1) is 11.6. The van der Waals surface area contributed by atoms with Crippen LogP contribution in [0.5, 0.6) is 0 Å². The van der Waals surface area contributed by atoms with E-state index in [4.69, 9.17) is 0 Å². The van der Waals surface area contributed by atoms with Crippen LogP contribution in [0.2, 0.25) is 0 Å². The summed E-state index contributed by atoms with van der Waals surface area (Å²) in [6.45, 7) is 4.32. The van der Waals surface area contributed by atoms with Crippen LogP contribution in [0.4, 0.5) is 12.6 Å². The van der Waals surface area contributed by atoms with E-state index in [-0.39, 0.29) is 0 Å². The number of rotatable bonds is 1. The van der Waals surface area contributed by atoms with Gasteiger partial charge in [-0.1, -0.05) is 0 Å². The van der Waals surface area contributed by atoms with Crippen LogP contribution in [-0.4, -0.2) is 30.1 Å². The van der Waals surface area contributed by atoms with Crippen LogP contribution in [0.3, 0.4) is 0 Å². The van der Waals surface area contributed by atoms with Gasteiger partial charge in [-0.2, -0.15) is 12.6 Å². The fraction of sp³-hybridized carbons (Fsp3) is 0.667. The molecule has 0 unspecified atom stereocenters. The van der Waals surface area contributed by atoms with Crippen LogP contribution in [0.25, 0.3) is 0 Å². The molecule has 1 aliphatic heterocycles. The van der Waals surface area contributed by atoms with E-state index < -0.39 is 8.85 Å². The Labute approximate surface area is 71.8 Å². The van der Waals surface area contributed by atoms with Gasteiger partial charge >= 0.3 is 8.85 Å². The summed E-state index contributed by atoms with van der Waals surface area (Å²) in [4.78, 5) is 4.41. The third kappa shape index (κ3) is 6.28. The maximum Gasteiger partial charge on any atom is 0.456 e. The first-order chi connectivity index (χ1) is 5.56. The van der Waals surface area contributed by atoms with Gasteiger partial charge in [0.1, 0.15) is 0 Å². The molecule has 72 valence electrons. The van der Waals surface area contributed by atoms with Crippen molar-refractivity contribution < 1.29 is 12.6 Å². The van der Waals surface area contributed by atoms with Crippen LogP contribution >= 0.6 is 8.85 Å². The number of halogens is 3. The third-order valence-corrected chi connectivity index (χ3v) is 1.34. The van der Waals surface area contributed by atoms with Crippen LogP contribution < -0.4 is 0 Å². The first-order valence-electron chi connectivity index (χ1n) is 3.46. The molecule has 0 amide bonds. The Hall–Kier alpha value is -0.440. The monoisotopic (exact) mass is 200 g/mol. The lowest BCUT2D eigenvalue weighted by atomic mass is 10.6. The molecule has 0 aromatic heterocycles. The highest BCUT2D eigenvalue weighted by molar-refractivity contribution is 7.40. The van der Waals surface area contributed by atoms with E-state index in [1.807, 2.05) is 0 Å². The van der Waals surface area contributed by atoms with E-state index in [1.54, 1.807) is 0 Å². The summed E-state index contributed by atoms with van der Waals surface area (Å²) in [6, 6.07) is 0. The van der Waals surface area contributed by atoms with Crippen molar-refractivity contribution in [3.63, 3.8) is 0 Å². The Morgan fingerprint density at radius 2 is 1.83 bits per heavy atom. The van der Waals surface area contributed by atoms with Gasteiger partial charge < -0.3 is 9.80 Å². The molecule has 6 heteroatoms. The Balaban J connectivity index is 0.000000261. The molecule has 0 bridgehead atoms. The maximum absolute atomic E-state index is 9.73. The summed E-state index contributed by atoms with van der Waals surface area (Å²) in [5.74, 6) is 0. The van der Waals surface area contributed by atoms with Crippen molar-refractivity contribution >= 4 is 8.85 Å². The second kappa shape index (κ2) is 6.12. The van der Waals surface area contributed by atoms with E-state index >= 15 is 0 Å². The molecule has 0 saturated carbocycles. The maximum atomic E-state index is 9.73. The van der Waals surface area contributed by atoms with Crippen molar-refractivity contribution in [2.24, 2.45) is 0 Å². The minimum Gasteiger partial charge on any atom is -0.362 e. The first-order valence-corrected chi connectivity index (χ1v) is 4.47. The van der Waals surface area contributed by atoms with Crippen LogP contribution in [0.15, 0.2) is 12.4 Å². The Kier molecular flexibility index (Phi) is 5.89. The van der Waals surface area contributed by atoms with Gasteiger partial charge in [-0.05, 0) is 6.92 Å². The van der Waals surface area contributed by atoms with Gasteiger partial charge in [0, 0.05) is 26.0 Å². The van der Waals surface area contributed by atoms with Gasteiger partial charge in [0.05, 0.1) is 6.67 Å². The van der Waals surface area contributed by atoms with Crippen molar-refractivity contribution in [1.82, 2.24) is 9.80 Å². The second-order valence-corrected chi connectivity index (χ2v) is 2.68. The molecule has 0 aromatic rings. The molecule has 0 aromatic carbocycles. The molecule has 0 atom stereocenters. The van der Waals surface area contributed by atoms with Gasteiger partial charge in [-0.15, -0.1) is 0 Å². The van der Waals surface area contributed by atoms with E-state index in [2.05, 4.69) is 36.2 Å². The number of hydrogen-bond acceptors (Lipinski definition) is 2. The topological polar surface area (TPSA) is 6.48 Å². The lowest BCUT2D eigenvalue weighted by Crippen LogP contribution is -2.21. The fourth-order valence-electron chi connectivity index (χ4n) is 0.794. The van der Waals surface area contributed by atoms with Crippen molar-refractivity contribution in [2.45, 2.75) is 6.92 Å². The van der Waals surface area contributed by atoms with Crippen LogP contribution in [0.1, 0.15) is 6.92 Å².